The molecule has 2 aromatic carbocycles. The maximum absolute atomic E-state index is 12.9. The van der Waals surface area contributed by atoms with Crippen LogP contribution in [0, 0.1) is 11.7 Å². The fraction of sp³-hybridized carbons (Fsp3) is 0.278. The molecular formula is C18H18Cl2FNO. The van der Waals surface area contributed by atoms with Crippen LogP contribution in [0.25, 0.3) is 0 Å². The predicted octanol–water partition coefficient (Wildman–Crippen LogP) is 5.02. The number of hydrogen-bond donors (Lipinski definition) is 1. The molecule has 1 amide bonds. The van der Waals surface area contributed by atoms with Crippen LogP contribution in [0.15, 0.2) is 42.5 Å². The van der Waals surface area contributed by atoms with Crippen LogP contribution in [0.4, 0.5) is 4.39 Å². The number of benzene rings is 2. The van der Waals surface area contributed by atoms with Gasteiger partial charge in [-0.15, -0.1) is 0 Å². The van der Waals surface area contributed by atoms with E-state index in [1.807, 2.05) is 13.0 Å². The molecule has 0 saturated carbocycles. The molecule has 0 aliphatic carbocycles. The second-order valence-electron chi connectivity index (χ2n) is 5.39. The van der Waals surface area contributed by atoms with Crippen LogP contribution >= 0.6 is 23.2 Å². The summed E-state index contributed by atoms with van der Waals surface area (Å²) in [4.78, 5) is 12.3. The summed E-state index contributed by atoms with van der Waals surface area (Å²) in [7, 11) is 0. The van der Waals surface area contributed by atoms with Crippen molar-refractivity contribution < 1.29 is 9.18 Å². The van der Waals surface area contributed by atoms with Crippen molar-refractivity contribution in [2.45, 2.75) is 26.3 Å². The summed E-state index contributed by atoms with van der Waals surface area (Å²) in [5, 5.41) is 4.04. The lowest BCUT2D eigenvalue weighted by Crippen LogP contribution is -2.31. The summed E-state index contributed by atoms with van der Waals surface area (Å²) in [6.07, 6.45) is 1.26. The van der Waals surface area contributed by atoms with Crippen LogP contribution in [0.2, 0.25) is 10.0 Å². The first-order valence-corrected chi connectivity index (χ1v) is 8.21. The number of hydrogen-bond acceptors (Lipinski definition) is 1. The highest BCUT2D eigenvalue weighted by Gasteiger charge is 2.18. The fourth-order valence-corrected chi connectivity index (χ4v) is 2.80. The van der Waals surface area contributed by atoms with Gasteiger partial charge >= 0.3 is 0 Å². The van der Waals surface area contributed by atoms with Crippen LogP contribution < -0.4 is 5.32 Å². The highest BCUT2D eigenvalue weighted by molar-refractivity contribution is 6.35. The van der Waals surface area contributed by atoms with Gasteiger partial charge in [0.2, 0.25) is 5.91 Å². The molecule has 0 heterocycles. The Morgan fingerprint density at radius 1 is 1.17 bits per heavy atom. The van der Waals surface area contributed by atoms with Crippen molar-refractivity contribution in [2.24, 2.45) is 5.92 Å². The first kappa shape index (κ1) is 17.8. The molecule has 0 aliphatic heterocycles. The van der Waals surface area contributed by atoms with Gasteiger partial charge in [0, 0.05) is 22.5 Å². The highest BCUT2D eigenvalue weighted by atomic mass is 35.5. The predicted molar refractivity (Wildman–Crippen MR) is 92.2 cm³/mol. The van der Waals surface area contributed by atoms with E-state index in [0.29, 0.717) is 29.4 Å². The summed E-state index contributed by atoms with van der Waals surface area (Å²) in [6, 6.07) is 11.4. The van der Waals surface area contributed by atoms with Crippen LogP contribution in [-0.2, 0) is 17.8 Å². The van der Waals surface area contributed by atoms with Crippen molar-refractivity contribution in [3.8, 4) is 0 Å². The number of rotatable bonds is 6. The Morgan fingerprint density at radius 2 is 1.87 bits per heavy atom. The number of carbonyl (C=O) groups is 1. The topological polar surface area (TPSA) is 29.1 Å². The molecule has 0 aromatic heterocycles. The Morgan fingerprint density at radius 3 is 2.48 bits per heavy atom. The second-order valence-corrected chi connectivity index (χ2v) is 6.23. The minimum atomic E-state index is -0.288. The third-order valence-electron chi connectivity index (χ3n) is 3.73. The van der Waals surface area contributed by atoms with Crippen molar-refractivity contribution >= 4 is 29.1 Å². The summed E-state index contributed by atoms with van der Waals surface area (Å²) in [6.45, 7) is 2.34. The summed E-state index contributed by atoms with van der Waals surface area (Å²) in [5.41, 5.74) is 1.76. The molecule has 0 fully saturated rings. The van der Waals surface area contributed by atoms with Crippen LogP contribution in [-0.4, -0.2) is 5.91 Å². The average molecular weight is 354 g/mol. The third-order valence-corrected chi connectivity index (χ3v) is 4.31. The molecule has 1 N–H and O–H groups in total. The molecule has 0 bridgehead atoms. The van der Waals surface area contributed by atoms with Crippen LogP contribution in [0.5, 0.6) is 0 Å². The third kappa shape index (κ3) is 5.22. The van der Waals surface area contributed by atoms with Gasteiger partial charge in [-0.25, -0.2) is 4.39 Å². The molecule has 1 atom stereocenters. The van der Waals surface area contributed by atoms with Crippen LogP contribution in [0.3, 0.4) is 0 Å². The van der Waals surface area contributed by atoms with E-state index in [1.54, 1.807) is 24.3 Å². The summed E-state index contributed by atoms with van der Waals surface area (Å²) >= 11 is 12.1. The van der Waals surface area contributed by atoms with E-state index in [4.69, 9.17) is 23.2 Å². The van der Waals surface area contributed by atoms with E-state index in [0.717, 1.165) is 11.1 Å². The lowest BCUT2D eigenvalue weighted by Gasteiger charge is -2.16. The minimum absolute atomic E-state index is 0.0390. The normalized spacial score (nSPS) is 12.0. The average Bonchev–Trinajstić information content (AvgIpc) is 2.53. The second kappa shape index (κ2) is 8.32. The number of carbonyl (C=O) groups excluding carboxylic acids is 1. The zero-order valence-corrected chi connectivity index (χ0v) is 14.3. The van der Waals surface area contributed by atoms with E-state index < -0.39 is 0 Å². The molecule has 2 rings (SSSR count). The molecule has 1 unspecified atom stereocenters. The summed E-state index contributed by atoms with van der Waals surface area (Å²) < 4.78 is 12.9. The number of nitrogens with one attached hydrogen (secondary N) is 1. The fourth-order valence-electron chi connectivity index (χ4n) is 2.31. The van der Waals surface area contributed by atoms with E-state index >= 15 is 0 Å². The molecule has 0 saturated heterocycles. The van der Waals surface area contributed by atoms with Gasteiger partial charge in [-0.1, -0.05) is 48.3 Å². The van der Waals surface area contributed by atoms with Crippen molar-refractivity contribution in [1.29, 1.82) is 0 Å². The van der Waals surface area contributed by atoms with Crippen molar-refractivity contribution in [3.63, 3.8) is 0 Å². The molecule has 0 spiro atoms. The standard InChI is InChI=1S/C18H18Cl2FNO/c1-2-13(9-14-5-6-15(19)10-17(14)20)18(23)22-11-12-3-7-16(21)8-4-12/h3-8,10,13H,2,9,11H2,1H3,(H,22,23). The largest absolute Gasteiger partial charge is 0.352 e. The monoisotopic (exact) mass is 353 g/mol. The van der Waals surface area contributed by atoms with Gasteiger partial charge in [-0.2, -0.15) is 0 Å². The van der Waals surface area contributed by atoms with E-state index in [2.05, 4.69) is 5.32 Å². The molecule has 0 aliphatic rings. The van der Waals surface area contributed by atoms with E-state index in [-0.39, 0.29) is 17.6 Å². The lowest BCUT2D eigenvalue weighted by atomic mass is 9.96. The maximum Gasteiger partial charge on any atom is 0.223 e. The van der Waals surface area contributed by atoms with Gasteiger partial charge in [-0.3, -0.25) is 4.79 Å². The van der Waals surface area contributed by atoms with Gasteiger partial charge in [0.1, 0.15) is 5.82 Å². The van der Waals surface area contributed by atoms with Gasteiger partial charge in [-0.05, 0) is 48.2 Å². The van der Waals surface area contributed by atoms with Crippen molar-refractivity contribution in [2.75, 3.05) is 0 Å². The van der Waals surface area contributed by atoms with E-state index in [1.165, 1.54) is 12.1 Å². The molecule has 122 valence electrons. The SMILES string of the molecule is CCC(Cc1ccc(Cl)cc1Cl)C(=O)NCc1ccc(F)cc1. The van der Waals surface area contributed by atoms with Crippen molar-refractivity contribution in [3.05, 3.63) is 69.5 Å². The molecule has 0 radical (unpaired) electrons. The van der Waals surface area contributed by atoms with E-state index in [9.17, 15) is 9.18 Å². The first-order valence-electron chi connectivity index (χ1n) is 7.45. The van der Waals surface area contributed by atoms with Gasteiger partial charge in [0.05, 0.1) is 0 Å². The molecule has 5 heteroatoms. The first-order chi connectivity index (χ1) is 11.0. The zero-order valence-electron chi connectivity index (χ0n) is 12.8. The zero-order chi connectivity index (χ0) is 16.8. The number of amides is 1. The maximum atomic E-state index is 12.9. The Labute approximate surface area is 145 Å². The molecular weight excluding hydrogens is 336 g/mol. The molecule has 2 nitrogen and oxygen atoms in total. The Bertz CT molecular complexity index is 673. The van der Waals surface area contributed by atoms with Gasteiger partial charge in [0.15, 0.2) is 0 Å². The Kier molecular flexibility index (Phi) is 6.43. The summed E-state index contributed by atoms with van der Waals surface area (Å²) in [5.74, 6) is -0.499. The Balaban J connectivity index is 1.96. The quantitative estimate of drug-likeness (QED) is 0.776. The Hall–Kier alpha value is -1.58. The minimum Gasteiger partial charge on any atom is -0.352 e. The van der Waals surface area contributed by atoms with Crippen molar-refractivity contribution in [1.82, 2.24) is 5.32 Å². The van der Waals surface area contributed by atoms with Crippen LogP contribution in [0.1, 0.15) is 24.5 Å². The highest BCUT2D eigenvalue weighted by Crippen LogP contribution is 2.24. The number of halogens is 3. The van der Waals surface area contributed by atoms with Gasteiger partial charge < -0.3 is 5.32 Å². The van der Waals surface area contributed by atoms with Gasteiger partial charge in [0.25, 0.3) is 0 Å². The smallest absolute Gasteiger partial charge is 0.223 e. The molecule has 2 aromatic rings. The molecule has 23 heavy (non-hydrogen) atoms. The lowest BCUT2D eigenvalue weighted by molar-refractivity contribution is -0.125.